The van der Waals surface area contributed by atoms with Crippen LogP contribution in [0.1, 0.15) is 17.7 Å². The lowest BCUT2D eigenvalue weighted by atomic mass is 10.2. The first-order valence-corrected chi connectivity index (χ1v) is 7.28. The summed E-state index contributed by atoms with van der Waals surface area (Å²) in [5.41, 5.74) is 1.92. The van der Waals surface area contributed by atoms with E-state index in [1.54, 1.807) is 25.0 Å². The summed E-state index contributed by atoms with van der Waals surface area (Å²) in [5.74, 6) is 0.540. The van der Waals surface area contributed by atoms with Crippen LogP contribution in [0, 0.1) is 6.92 Å². The molecular formula is C13H20N2O2S. The summed E-state index contributed by atoms with van der Waals surface area (Å²) < 4.78 is 0. The van der Waals surface area contributed by atoms with Crippen molar-refractivity contribution in [2.45, 2.75) is 26.0 Å². The Kier molecular flexibility index (Phi) is 6.15. The molecule has 0 fully saturated rings. The lowest BCUT2D eigenvalue weighted by Crippen LogP contribution is -2.36. The van der Waals surface area contributed by atoms with E-state index in [1.807, 2.05) is 25.3 Å². The SMILES string of the molecule is CSCC[C@H](O)C(=O)N(C)Cc1ncccc1C. The average molecular weight is 268 g/mol. The fourth-order valence-electron chi connectivity index (χ4n) is 1.59. The van der Waals surface area contributed by atoms with Crippen molar-refractivity contribution in [1.29, 1.82) is 0 Å². The van der Waals surface area contributed by atoms with E-state index in [2.05, 4.69) is 4.98 Å². The number of carbonyl (C=O) groups is 1. The van der Waals surface area contributed by atoms with E-state index in [0.29, 0.717) is 13.0 Å². The van der Waals surface area contributed by atoms with Crippen molar-refractivity contribution < 1.29 is 9.90 Å². The van der Waals surface area contributed by atoms with Gasteiger partial charge in [0.05, 0.1) is 12.2 Å². The number of nitrogens with zero attached hydrogens (tertiary/aromatic N) is 2. The first kappa shape index (κ1) is 15.0. The molecule has 1 atom stereocenters. The van der Waals surface area contributed by atoms with E-state index in [4.69, 9.17) is 0 Å². The molecule has 5 heteroatoms. The third-order valence-electron chi connectivity index (χ3n) is 2.76. The van der Waals surface area contributed by atoms with Gasteiger partial charge in [-0.1, -0.05) is 6.07 Å². The van der Waals surface area contributed by atoms with Crippen LogP contribution >= 0.6 is 11.8 Å². The second-order valence-corrected chi connectivity index (χ2v) is 5.24. The Morgan fingerprint density at radius 1 is 1.61 bits per heavy atom. The highest BCUT2D eigenvalue weighted by Gasteiger charge is 2.19. The van der Waals surface area contributed by atoms with Gasteiger partial charge in [0.2, 0.25) is 0 Å². The predicted octanol–water partition coefficient (Wildman–Crippen LogP) is 1.46. The standard InChI is InChI=1S/C13H20N2O2S/c1-10-5-4-7-14-11(10)9-15(2)13(17)12(16)6-8-18-3/h4-5,7,12,16H,6,8-9H2,1-3H3/t12-/m0/s1. The molecule has 0 aromatic carbocycles. The minimum absolute atomic E-state index is 0.242. The summed E-state index contributed by atoms with van der Waals surface area (Å²) in [4.78, 5) is 17.7. The number of likely N-dealkylation sites (N-methyl/N-ethyl adjacent to an activating group) is 1. The van der Waals surface area contributed by atoms with E-state index in [9.17, 15) is 9.90 Å². The molecule has 0 aliphatic carbocycles. The Balaban J connectivity index is 2.57. The largest absolute Gasteiger partial charge is 0.383 e. The fraction of sp³-hybridized carbons (Fsp3) is 0.538. The zero-order valence-electron chi connectivity index (χ0n) is 11.1. The second-order valence-electron chi connectivity index (χ2n) is 4.26. The highest BCUT2D eigenvalue weighted by atomic mass is 32.2. The van der Waals surface area contributed by atoms with Gasteiger partial charge in [-0.05, 0) is 37.0 Å². The number of aliphatic hydroxyl groups is 1. The molecule has 1 amide bonds. The fourth-order valence-corrected chi connectivity index (χ4v) is 2.05. The van der Waals surface area contributed by atoms with Crippen LogP contribution in [0.2, 0.25) is 0 Å². The predicted molar refractivity (Wildman–Crippen MR) is 74.5 cm³/mol. The van der Waals surface area contributed by atoms with Crippen LogP contribution in [0.5, 0.6) is 0 Å². The van der Waals surface area contributed by atoms with Crippen molar-refractivity contribution in [2.75, 3.05) is 19.1 Å². The van der Waals surface area contributed by atoms with Gasteiger partial charge in [0.15, 0.2) is 0 Å². The van der Waals surface area contributed by atoms with Crippen molar-refractivity contribution in [3.63, 3.8) is 0 Å². The Labute approximate surface area is 112 Å². The van der Waals surface area contributed by atoms with E-state index >= 15 is 0 Å². The molecule has 0 unspecified atom stereocenters. The summed E-state index contributed by atoms with van der Waals surface area (Å²) >= 11 is 1.62. The van der Waals surface area contributed by atoms with Crippen LogP contribution in [-0.4, -0.2) is 46.1 Å². The maximum Gasteiger partial charge on any atom is 0.251 e. The molecule has 1 heterocycles. The molecule has 0 radical (unpaired) electrons. The summed E-state index contributed by atoms with van der Waals surface area (Å²) in [6.07, 6.45) is 3.25. The van der Waals surface area contributed by atoms with Gasteiger partial charge in [-0.3, -0.25) is 9.78 Å². The van der Waals surface area contributed by atoms with Gasteiger partial charge >= 0.3 is 0 Å². The van der Waals surface area contributed by atoms with Crippen molar-refractivity contribution in [3.05, 3.63) is 29.6 Å². The summed E-state index contributed by atoms with van der Waals surface area (Å²) in [6.45, 7) is 2.40. The van der Waals surface area contributed by atoms with Crippen molar-refractivity contribution in [1.82, 2.24) is 9.88 Å². The lowest BCUT2D eigenvalue weighted by molar-refractivity contribution is -0.139. The number of hydrogen-bond donors (Lipinski definition) is 1. The van der Waals surface area contributed by atoms with E-state index in [-0.39, 0.29) is 5.91 Å². The molecule has 0 spiro atoms. The molecule has 4 nitrogen and oxygen atoms in total. The van der Waals surface area contributed by atoms with E-state index in [1.165, 1.54) is 4.90 Å². The first-order chi connectivity index (χ1) is 8.56. The highest BCUT2D eigenvalue weighted by Crippen LogP contribution is 2.09. The normalized spacial score (nSPS) is 12.2. The topological polar surface area (TPSA) is 53.4 Å². The summed E-state index contributed by atoms with van der Waals surface area (Å²) in [6, 6.07) is 3.83. The number of rotatable bonds is 6. The minimum atomic E-state index is -0.911. The maximum atomic E-state index is 11.9. The molecule has 0 aliphatic heterocycles. The smallest absolute Gasteiger partial charge is 0.251 e. The Morgan fingerprint density at radius 2 is 2.33 bits per heavy atom. The van der Waals surface area contributed by atoms with Crippen LogP contribution in [0.4, 0.5) is 0 Å². The highest BCUT2D eigenvalue weighted by molar-refractivity contribution is 7.98. The maximum absolute atomic E-state index is 11.9. The van der Waals surface area contributed by atoms with Gasteiger partial charge in [0.25, 0.3) is 5.91 Å². The number of thioether (sulfide) groups is 1. The van der Waals surface area contributed by atoms with Gasteiger partial charge in [0, 0.05) is 13.2 Å². The second kappa shape index (κ2) is 7.38. The number of aromatic nitrogens is 1. The molecule has 0 saturated carbocycles. The van der Waals surface area contributed by atoms with Crippen LogP contribution in [0.3, 0.4) is 0 Å². The molecule has 18 heavy (non-hydrogen) atoms. The molecule has 1 aromatic rings. The summed E-state index contributed by atoms with van der Waals surface area (Å²) in [5, 5.41) is 9.74. The number of aryl methyl sites for hydroxylation is 1. The molecule has 0 saturated heterocycles. The van der Waals surface area contributed by atoms with Gasteiger partial charge in [-0.2, -0.15) is 11.8 Å². The molecule has 0 aliphatic rings. The Hall–Kier alpha value is -1.07. The average Bonchev–Trinajstić information content (AvgIpc) is 2.37. The van der Waals surface area contributed by atoms with Gasteiger partial charge in [0.1, 0.15) is 6.10 Å². The monoisotopic (exact) mass is 268 g/mol. The van der Waals surface area contributed by atoms with Crippen LogP contribution in [0.25, 0.3) is 0 Å². The quantitative estimate of drug-likeness (QED) is 0.848. The van der Waals surface area contributed by atoms with Gasteiger partial charge in [-0.25, -0.2) is 0 Å². The third kappa shape index (κ3) is 4.31. The molecule has 0 bridgehead atoms. The van der Waals surface area contributed by atoms with E-state index < -0.39 is 6.10 Å². The Morgan fingerprint density at radius 3 is 2.94 bits per heavy atom. The number of carbonyl (C=O) groups excluding carboxylic acids is 1. The van der Waals surface area contributed by atoms with Gasteiger partial charge in [-0.15, -0.1) is 0 Å². The Bertz CT molecular complexity index is 398. The molecule has 1 N–H and O–H groups in total. The van der Waals surface area contributed by atoms with Crippen molar-refractivity contribution in [2.24, 2.45) is 0 Å². The van der Waals surface area contributed by atoms with Crippen molar-refractivity contribution in [3.8, 4) is 0 Å². The zero-order valence-corrected chi connectivity index (χ0v) is 11.9. The molecule has 1 aromatic heterocycles. The first-order valence-electron chi connectivity index (χ1n) is 5.88. The van der Waals surface area contributed by atoms with Crippen LogP contribution in [-0.2, 0) is 11.3 Å². The molecule has 100 valence electrons. The number of amides is 1. The van der Waals surface area contributed by atoms with Crippen LogP contribution < -0.4 is 0 Å². The van der Waals surface area contributed by atoms with E-state index in [0.717, 1.165) is 17.0 Å². The number of hydrogen-bond acceptors (Lipinski definition) is 4. The molecular weight excluding hydrogens is 248 g/mol. The third-order valence-corrected chi connectivity index (χ3v) is 3.41. The number of aliphatic hydroxyl groups excluding tert-OH is 1. The lowest BCUT2D eigenvalue weighted by Gasteiger charge is -2.20. The summed E-state index contributed by atoms with van der Waals surface area (Å²) in [7, 11) is 1.69. The molecule has 1 rings (SSSR count). The zero-order chi connectivity index (χ0) is 13.5. The number of pyridine rings is 1. The van der Waals surface area contributed by atoms with Crippen molar-refractivity contribution >= 4 is 17.7 Å². The van der Waals surface area contributed by atoms with Gasteiger partial charge < -0.3 is 10.0 Å². The van der Waals surface area contributed by atoms with Crippen LogP contribution in [0.15, 0.2) is 18.3 Å². The minimum Gasteiger partial charge on any atom is -0.383 e.